The minimum atomic E-state index is 0.0269. The first kappa shape index (κ1) is 28.3. The molecule has 8 heteroatoms. The lowest BCUT2D eigenvalue weighted by atomic mass is 10.1. The van der Waals surface area contributed by atoms with Crippen molar-refractivity contribution < 1.29 is 4.79 Å². The number of aryl methyl sites for hydroxylation is 4. The molecule has 1 amide bonds. The number of amides is 1. The Kier molecular flexibility index (Phi) is 8.43. The lowest BCUT2D eigenvalue weighted by Crippen LogP contribution is -2.30. The van der Waals surface area contributed by atoms with Crippen LogP contribution in [0.25, 0.3) is 11.0 Å². The van der Waals surface area contributed by atoms with E-state index in [4.69, 9.17) is 27.3 Å². The number of amidine groups is 2. The Labute approximate surface area is 245 Å². The molecule has 5 rings (SSSR count). The lowest BCUT2D eigenvalue weighted by molar-refractivity contribution is -0.118. The van der Waals surface area contributed by atoms with Gasteiger partial charge in [-0.25, -0.2) is 4.98 Å². The van der Waals surface area contributed by atoms with Crippen molar-refractivity contribution in [3.63, 3.8) is 0 Å². The topological polar surface area (TPSA) is 138 Å². The monoisotopic (exact) mass is 557 g/mol. The summed E-state index contributed by atoms with van der Waals surface area (Å²) in [6.45, 7) is 0.463. The van der Waals surface area contributed by atoms with Gasteiger partial charge in [0.1, 0.15) is 17.5 Å². The van der Waals surface area contributed by atoms with E-state index >= 15 is 0 Å². The van der Waals surface area contributed by atoms with E-state index in [1.807, 2.05) is 109 Å². The van der Waals surface area contributed by atoms with Gasteiger partial charge in [0.15, 0.2) is 0 Å². The summed E-state index contributed by atoms with van der Waals surface area (Å²) in [6.07, 6.45) is 2.51. The van der Waals surface area contributed by atoms with Crippen molar-refractivity contribution in [2.24, 2.45) is 18.5 Å². The molecule has 0 atom stereocenters. The van der Waals surface area contributed by atoms with Crippen molar-refractivity contribution in [2.75, 3.05) is 4.90 Å². The largest absolute Gasteiger partial charge is 0.384 e. The maximum Gasteiger partial charge on any atom is 0.227 e. The first-order valence-electron chi connectivity index (χ1n) is 13.9. The Hall–Kier alpha value is -5.24. The third kappa shape index (κ3) is 6.55. The van der Waals surface area contributed by atoms with Gasteiger partial charge in [-0.1, -0.05) is 78.9 Å². The number of carbonyl (C=O) groups is 1. The number of fused-ring (bicyclic) bond motifs is 1. The molecule has 5 aromatic rings. The molecule has 0 saturated heterocycles. The molecule has 212 valence electrons. The molecule has 4 aromatic carbocycles. The van der Waals surface area contributed by atoms with Crippen LogP contribution in [-0.4, -0.2) is 27.1 Å². The maximum atomic E-state index is 13.7. The molecule has 0 unspecified atom stereocenters. The van der Waals surface area contributed by atoms with E-state index in [1.165, 1.54) is 0 Å². The number of hydrogen-bond acceptors (Lipinski definition) is 4. The van der Waals surface area contributed by atoms with Crippen molar-refractivity contribution in [2.45, 2.75) is 32.2 Å². The third-order valence-corrected chi connectivity index (χ3v) is 7.55. The third-order valence-electron chi connectivity index (χ3n) is 7.55. The molecule has 0 fully saturated rings. The van der Waals surface area contributed by atoms with Crippen LogP contribution in [0.5, 0.6) is 0 Å². The van der Waals surface area contributed by atoms with Crippen molar-refractivity contribution in [1.29, 1.82) is 10.8 Å². The highest BCUT2D eigenvalue weighted by molar-refractivity contribution is 5.96. The van der Waals surface area contributed by atoms with Crippen LogP contribution in [0.3, 0.4) is 0 Å². The van der Waals surface area contributed by atoms with Gasteiger partial charge < -0.3 is 20.9 Å². The molecule has 0 aliphatic heterocycles. The fourth-order valence-corrected chi connectivity index (χ4v) is 5.06. The van der Waals surface area contributed by atoms with Crippen LogP contribution < -0.4 is 16.4 Å². The van der Waals surface area contributed by atoms with Crippen molar-refractivity contribution in [3.05, 3.63) is 131 Å². The molecule has 1 heterocycles. The standard InChI is InChI=1S/C34H35N7O/c1-40-30-18-17-28(21-29(30)39-31(40)19-11-23-7-13-26(14-8-23)33(35)36)41(22-25-5-3-2-4-6-25)32(42)20-12-24-9-15-27(16-10-24)34(37)38/h2-10,13-18,21H,11-12,19-20,22H2,1H3,(H3,35,36)(H3,37,38). The zero-order chi connectivity index (χ0) is 29.6. The summed E-state index contributed by atoms with van der Waals surface area (Å²) in [5.74, 6) is 1.09. The van der Waals surface area contributed by atoms with Crippen LogP contribution in [0.2, 0.25) is 0 Å². The van der Waals surface area contributed by atoms with E-state index < -0.39 is 0 Å². The Bertz CT molecular complexity index is 1720. The second-order valence-corrected chi connectivity index (χ2v) is 10.4. The number of nitrogens with one attached hydrogen (secondary N) is 2. The van der Waals surface area contributed by atoms with E-state index in [0.29, 0.717) is 24.9 Å². The summed E-state index contributed by atoms with van der Waals surface area (Å²) >= 11 is 0. The highest BCUT2D eigenvalue weighted by atomic mass is 16.2. The number of aromatic nitrogens is 2. The fourth-order valence-electron chi connectivity index (χ4n) is 5.06. The fraction of sp³-hybridized carbons (Fsp3) is 0.176. The number of nitrogen functional groups attached to an aromatic ring is 2. The van der Waals surface area contributed by atoms with E-state index in [9.17, 15) is 4.79 Å². The number of carbonyl (C=O) groups excluding carboxylic acids is 1. The first-order chi connectivity index (χ1) is 20.3. The smallest absolute Gasteiger partial charge is 0.227 e. The Balaban J connectivity index is 1.35. The normalized spacial score (nSPS) is 11.0. The van der Waals surface area contributed by atoms with Crippen molar-refractivity contribution in [3.8, 4) is 0 Å². The minimum absolute atomic E-state index is 0.0269. The van der Waals surface area contributed by atoms with E-state index in [2.05, 4.69) is 4.57 Å². The van der Waals surface area contributed by atoms with Gasteiger partial charge in [0.2, 0.25) is 5.91 Å². The van der Waals surface area contributed by atoms with Gasteiger partial charge in [0, 0.05) is 36.7 Å². The predicted molar refractivity (Wildman–Crippen MR) is 169 cm³/mol. The zero-order valence-corrected chi connectivity index (χ0v) is 23.7. The number of nitrogens with two attached hydrogens (primary N) is 2. The molecular formula is C34H35N7O. The lowest BCUT2D eigenvalue weighted by Gasteiger charge is -2.23. The van der Waals surface area contributed by atoms with Crippen molar-refractivity contribution in [1.82, 2.24) is 9.55 Å². The molecule has 42 heavy (non-hydrogen) atoms. The van der Waals surface area contributed by atoms with Gasteiger partial charge in [-0.05, 0) is 47.7 Å². The van der Waals surface area contributed by atoms with Gasteiger partial charge in [0.05, 0.1) is 17.6 Å². The predicted octanol–water partition coefficient (Wildman–Crippen LogP) is 5.09. The second-order valence-electron chi connectivity index (χ2n) is 10.4. The highest BCUT2D eigenvalue weighted by Gasteiger charge is 2.18. The Morgan fingerprint density at radius 1 is 0.762 bits per heavy atom. The van der Waals surface area contributed by atoms with Gasteiger partial charge >= 0.3 is 0 Å². The second kappa shape index (κ2) is 12.5. The van der Waals surface area contributed by atoms with E-state index in [-0.39, 0.29) is 17.6 Å². The number of imidazole rings is 1. The average Bonchev–Trinajstić information content (AvgIpc) is 3.32. The summed E-state index contributed by atoms with van der Waals surface area (Å²) < 4.78 is 2.11. The molecule has 0 spiro atoms. The highest BCUT2D eigenvalue weighted by Crippen LogP contribution is 2.26. The number of nitrogens with zero attached hydrogens (tertiary/aromatic N) is 3. The van der Waals surface area contributed by atoms with Crippen LogP contribution in [0, 0.1) is 10.8 Å². The van der Waals surface area contributed by atoms with E-state index in [1.54, 1.807) is 0 Å². The molecule has 6 N–H and O–H groups in total. The van der Waals surface area contributed by atoms with Crippen LogP contribution in [-0.2, 0) is 37.6 Å². The number of benzene rings is 4. The summed E-state index contributed by atoms with van der Waals surface area (Å²) in [7, 11) is 2.02. The molecule has 0 bridgehead atoms. The average molecular weight is 558 g/mol. The summed E-state index contributed by atoms with van der Waals surface area (Å²) in [6, 6.07) is 31.3. The van der Waals surface area contributed by atoms with Gasteiger partial charge in [-0.15, -0.1) is 0 Å². The van der Waals surface area contributed by atoms with E-state index in [0.717, 1.165) is 57.6 Å². The maximum absolute atomic E-state index is 13.7. The summed E-state index contributed by atoms with van der Waals surface area (Å²) in [5.41, 5.74) is 18.4. The SMILES string of the molecule is Cn1c(CCc2ccc(C(=N)N)cc2)nc2cc(N(Cc3ccccc3)C(=O)CCc3ccc(C(=N)N)cc3)ccc21. The van der Waals surface area contributed by atoms with Crippen LogP contribution in [0.15, 0.2) is 97.1 Å². The molecule has 0 aliphatic carbocycles. The van der Waals surface area contributed by atoms with Gasteiger partial charge in [-0.3, -0.25) is 15.6 Å². The number of rotatable bonds is 11. The van der Waals surface area contributed by atoms with Crippen LogP contribution in [0.1, 0.15) is 40.1 Å². The van der Waals surface area contributed by atoms with Crippen LogP contribution in [0.4, 0.5) is 5.69 Å². The molecule has 0 saturated carbocycles. The molecule has 1 aromatic heterocycles. The van der Waals surface area contributed by atoms with Crippen LogP contribution >= 0.6 is 0 Å². The van der Waals surface area contributed by atoms with Gasteiger partial charge in [-0.2, -0.15) is 0 Å². The zero-order valence-electron chi connectivity index (χ0n) is 23.7. The van der Waals surface area contributed by atoms with Gasteiger partial charge in [0.25, 0.3) is 0 Å². The molecule has 8 nitrogen and oxygen atoms in total. The van der Waals surface area contributed by atoms with Crippen molar-refractivity contribution >= 4 is 34.3 Å². The number of hydrogen-bond donors (Lipinski definition) is 4. The quantitative estimate of drug-likeness (QED) is 0.133. The number of anilines is 1. The Morgan fingerprint density at radius 3 is 1.95 bits per heavy atom. The summed E-state index contributed by atoms with van der Waals surface area (Å²) in [5, 5.41) is 15.2. The Morgan fingerprint density at radius 2 is 1.36 bits per heavy atom. The first-order valence-corrected chi connectivity index (χ1v) is 13.9. The molecule has 0 radical (unpaired) electrons. The molecule has 0 aliphatic rings. The molecular weight excluding hydrogens is 522 g/mol. The summed E-state index contributed by atoms with van der Waals surface area (Å²) in [4.78, 5) is 20.4. The minimum Gasteiger partial charge on any atom is -0.384 e.